The van der Waals surface area contributed by atoms with Crippen molar-refractivity contribution in [3.63, 3.8) is 0 Å². The van der Waals surface area contributed by atoms with Gasteiger partial charge in [-0.1, -0.05) is 0 Å². The molecule has 86 valence electrons. The van der Waals surface area contributed by atoms with Crippen molar-refractivity contribution < 1.29 is 4.79 Å². The lowest BCUT2D eigenvalue weighted by Gasteiger charge is -2.17. The molecular weight excluding hydrogens is 204 g/mol. The summed E-state index contributed by atoms with van der Waals surface area (Å²) in [5.74, 6) is 0.0206. The van der Waals surface area contributed by atoms with Gasteiger partial charge in [-0.05, 0) is 31.2 Å². The summed E-state index contributed by atoms with van der Waals surface area (Å²) in [5.41, 5.74) is 6.74. The molecule has 5 nitrogen and oxygen atoms in total. The van der Waals surface area contributed by atoms with Crippen LogP contribution in [0.1, 0.15) is 12.5 Å². The lowest BCUT2D eigenvalue weighted by molar-refractivity contribution is 0.248. The van der Waals surface area contributed by atoms with E-state index in [9.17, 15) is 4.79 Å². The molecule has 16 heavy (non-hydrogen) atoms. The molecule has 5 heteroatoms. The van der Waals surface area contributed by atoms with Gasteiger partial charge in [0.25, 0.3) is 0 Å². The van der Waals surface area contributed by atoms with Crippen LogP contribution in [0.15, 0.2) is 24.3 Å². The van der Waals surface area contributed by atoms with E-state index in [0.717, 1.165) is 5.69 Å². The van der Waals surface area contributed by atoms with Crippen LogP contribution >= 0.6 is 0 Å². The summed E-state index contributed by atoms with van der Waals surface area (Å²) in [6.45, 7) is 2.46. The quantitative estimate of drug-likeness (QED) is 0.527. The molecule has 4 N–H and O–H groups in total. The number of nitrogens with two attached hydrogens (primary N) is 1. The number of amides is 2. The minimum atomic E-state index is -0.155. The highest BCUT2D eigenvalue weighted by molar-refractivity contribution is 5.96. The van der Waals surface area contributed by atoms with Gasteiger partial charge in [-0.3, -0.25) is 10.3 Å². The van der Waals surface area contributed by atoms with Gasteiger partial charge in [0.15, 0.2) is 0 Å². The number of nitrogen functional groups attached to an aromatic ring is 1. The molecule has 0 saturated heterocycles. The fraction of sp³-hybridized carbons (Fsp3) is 0.273. The Bertz CT molecular complexity index is 385. The normalized spacial score (nSPS) is 9.62. The highest BCUT2D eigenvalue weighted by Gasteiger charge is 2.09. The summed E-state index contributed by atoms with van der Waals surface area (Å²) in [5, 5.41) is 9.95. The van der Waals surface area contributed by atoms with Crippen molar-refractivity contribution >= 4 is 17.6 Å². The number of rotatable bonds is 3. The predicted molar refractivity (Wildman–Crippen MR) is 64.9 cm³/mol. The number of carbonyl (C=O) groups excluding carboxylic acids is 1. The number of carbonyl (C=O) groups is 1. The van der Waals surface area contributed by atoms with Crippen molar-refractivity contribution in [1.29, 1.82) is 5.41 Å². The number of nitrogens with one attached hydrogen (secondary N) is 2. The number of hydrogen-bond donors (Lipinski definition) is 3. The molecule has 0 saturated carbocycles. The lowest BCUT2D eigenvalue weighted by atomic mass is 10.2. The second-order valence-corrected chi connectivity index (χ2v) is 3.36. The van der Waals surface area contributed by atoms with Crippen LogP contribution in [-0.2, 0) is 0 Å². The predicted octanol–water partition coefficient (Wildman–Crippen LogP) is 1.14. The largest absolute Gasteiger partial charge is 0.384 e. The van der Waals surface area contributed by atoms with Crippen LogP contribution in [0.2, 0.25) is 0 Å². The first kappa shape index (κ1) is 12.0. The van der Waals surface area contributed by atoms with Crippen LogP contribution in [0.25, 0.3) is 0 Å². The van der Waals surface area contributed by atoms with E-state index in [-0.39, 0.29) is 11.9 Å². The third-order valence-corrected chi connectivity index (χ3v) is 2.20. The zero-order chi connectivity index (χ0) is 12.1. The van der Waals surface area contributed by atoms with E-state index in [2.05, 4.69) is 5.32 Å². The lowest BCUT2D eigenvalue weighted by Crippen LogP contribution is -2.37. The van der Waals surface area contributed by atoms with Crippen molar-refractivity contribution in [1.82, 2.24) is 5.32 Å². The molecular formula is C11H16N4O. The number of urea groups is 1. The molecule has 0 spiro atoms. The molecule has 1 aromatic carbocycles. The van der Waals surface area contributed by atoms with E-state index in [0.29, 0.717) is 12.1 Å². The SMILES string of the molecule is CCNC(=O)N(C)c1ccc(C(=N)N)cc1. The van der Waals surface area contributed by atoms with Crippen LogP contribution in [0.4, 0.5) is 10.5 Å². The third kappa shape index (κ3) is 2.73. The maximum absolute atomic E-state index is 11.5. The maximum Gasteiger partial charge on any atom is 0.321 e. The molecule has 2 amide bonds. The van der Waals surface area contributed by atoms with Crippen LogP contribution in [0, 0.1) is 5.41 Å². The van der Waals surface area contributed by atoms with Crippen molar-refractivity contribution in [2.45, 2.75) is 6.92 Å². The molecule has 0 aliphatic rings. The van der Waals surface area contributed by atoms with Crippen LogP contribution in [0.5, 0.6) is 0 Å². The fourth-order valence-corrected chi connectivity index (χ4v) is 1.25. The molecule has 0 aliphatic carbocycles. The number of amidine groups is 1. The standard InChI is InChI=1S/C11H16N4O/c1-3-14-11(16)15(2)9-6-4-8(5-7-9)10(12)13/h4-7H,3H2,1-2H3,(H3,12,13)(H,14,16). The maximum atomic E-state index is 11.5. The van der Waals surface area contributed by atoms with E-state index in [1.54, 1.807) is 31.3 Å². The van der Waals surface area contributed by atoms with Gasteiger partial charge in [0.05, 0.1) is 0 Å². The molecule has 0 bridgehead atoms. The Morgan fingerprint density at radius 3 is 2.44 bits per heavy atom. The smallest absolute Gasteiger partial charge is 0.321 e. The Balaban J connectivity index is 2.81. The van der Waals surface area contributed by atoms with Gasteiger partial charge in [0.1, 0.15) is 5.84 Å². The molecule has 0 radical (unpaired) electrons. The summed E-state index contributed by atoms with van der Waals surface area (Å²) in [4.78, 5) is 13.0. The molecule has 0 atom stereocenters. The number of anilines is 1. The van der Waals surface area contributed by atoms with Crippen molar-refractivity contribution in [2.75, 3.05) is 18.5 Å². The first-order valence-electron chi connectivity index (χ1n) is 5.02. The molecule has 0 aromatic heterocycles. The molecule has 0 aliphatic heterocycles. The highest BCUT2D eigenvalue weighted by Crippen LogP contribution is 2.13. The molecule has 0 heterocycles. The molecule has 1 aromatic rings. The van der Waals surface area contributed by atoms with Gasteiger partial charge in [-0.2, -0.15) is 0 Å². The van der Waals surface area contributed by atoms with Gasteiger partial charge in [0.2, 0.25) is 0 Å². The summed E-state index contributed by atoms with van der Waals surface area (Å²) < 4.78 is 0. The van der Waals surface area contributed by atoms with Gasteiger partial charge in [-0.25, -0.2) is 4.79 Å². The molecule has 0 fully saturated rings. The monoisotopic (exact) mass is 220 g/mol. The van der Waals surface area contributed by atoms with Crippen molar-refractivity contribution in [2.24, 2.45) is 5.73 Å². The van der Waals surface area contributed by atoms with Crippen LogP contribution in [-0.4, -0.2) is 25.5 Å². The minimum Gasteiger partial charge on any atom is -0.384 e. The second kappa shape index (κ2) is 5.16. The topological polar surface area (TPSA) is 82.2 Å². The summed E-state index contributed by atoms with van der Waals surface area (Å²) >= 11 is 0. The Hall–Kier alpha value is -2.04. The van der Waals surface area contributed by atoms with Gasteiger partial charge in [0, 0.05) is 24.8 Å². The molecule has 0 unspecified atom stereocenters. The van der Waals surface area contributed by atoms with Crippen LogP contribution in [0.3, 0.4) is 0 Å². The summed E-state index contributed by atoms with van der Waals surface area (Å²) in [6, 6.07) is 6.79. The Kier molecular flexibility index (Phi) is 3.88. The fourth-order valence-electron chi connectivity index (χ4n) is 1.25. The zero-order valence-corrected chi connectivity index (χ0v) is 9.45. The number of nitrogens with zero attached hydrogens (tertiary/aromatic N) is 1. The summed E-state index contributed by atoms with van der Waals surface area (Å²) in [6.07, 6.45) is 0. The van der Waals surface area contributed by atoms with E-state index < -0.39 is 0 Å². The third-order valence-electron chi connectivity index (χ3n) is 2.20. The van der Waals surface area contributed by atoms with E-state index >= 15 is 0 Å². The number of hydrogen-bond acceptors (Lipinski definition) is 2. The Labute approximate surface area is 94.8 Å². The Morgan fingerprint density at radius 2 is 2.00 bits per heavy atom. The second-order valence-electron chi connectivity index (χ2n) is 3.36. The van der Waals surface area contributed by atoms with Gasteiger partial charge >= 0.3 is 6.03 Å². The van der Waals surface area contributed by atoms with Crippen LogP contribution < -0.4 is 16.0 Å². The van der Waals surface area contributed by atoms with Crippen molar-refractivity contribution in [3.8, 4) is 0 Å². The van der Waals surface area contributed by atoms with Gasteiger partial charge < -0.3 is 11.1 Å². The minimum absolute atomic E-state index is 0.0206. The van der Waals surface area contributed by atoms with E-state index in [1.807, 2.05) is 6.92 Å². The summed E-state index contributed by atoms with van der Waals surface area (Å²) in [7, 11) is 1.69. The molecule has 1 rings (SSSR count). The zero-order valence-electron chi connectivity index (χ0n) is 9.45. The highest BCUT2D eigenvalue weighted by atomic mass is 16.2. The average molecular weight is 220 g/mol. The average Bonchev–Trinajstić information content (AvgIpc) is 2.28. The Morgan fingerprint density at radius 1 is 1.44 bits per heavy atom. The number of benzene rings is 1. The van der Waals surface area contributed by atoms with E-state index in [1.165, 1.54) is 4.90 Å². The van der Waals surface area contributed by atoms with Crippen molar-refractivity contribution in [3.05, 3.63) is 29.8 Å². The van der Waals surface area contributed by atoms with Gasteiger partial charge in [-0.15, -0.1) is 0 Å². The first-order valence-corrected chi connectivity index (χ1v) is 5.02. The van der Waals surface area contributed by atoms with E-state index in [4.69, 9.17) is 11.1 Å². The first-order chi connectivity index (χ1) is 7.56.